The number of hydrogen-bond acceptors (Lipinski definition) is 4. The maximum Gasteiger partial charge on any atom is 0.328 e. The van der Waals surface area contributed by atoms with Gasteiger partial charge in [-0.1, -0.05) is 6.92 Å². The van der Waals surface area contributed by atoms with Crippen molar-refractivity contribution < 1.29 is 14.3 Å². The lowest BCUT2D eigenvalue weighted by atomic mass is 9.90. The van der Waals surface area contributed by atoms with Crippen molar-refractivity contribution in [3.63, 3.8) is 0 Å². The van der Waals surface area contributed by atoms with Gasteiger partial charge in [-0.3, -0.25) is 4.79 Å². The maximum absolute atomic E-state index is 11.2. The third-order valence-electron chi connectivity index (χ3n) is 1.71. The molecule has 4 heteroatoms. The van der Waals surface area contributed by atoms with Gasteiger partial charge >= 0.3 is 5.97 Å². The number of nitriles is 1. The van der Waals surface area contributed by atoms with E-state index in [-0.39, 0.29) is 6.79 Å². The van der Waals surface area contributed by atoms with Crippen molar-refractivity contribution in [2.45, 2.75) is 20.3 Å². The minimum Gasteiger partial charge on any atom is -0.437 e. The standard InChI is InChI=1S/C8H13NO3/c1-4-8(2,5-9)7(10)12-6-11-3/h4,6H2,1-3H3. The van der Waals surface area contributed by atoms with Crippen LogP contribution < -0.4 is 0 Å². The van der Waals surface area contributed by atoms with Gasteiger partial charge in [-0.15, -0.1) is 0 Å². The molecule has 12 heavy (non-hydrogen) atoms. The van der Waals surface area contributed by atoms with Crippen molar-refractivity contribution in [1.29, 1.82) is 5.26 Å². The Hall–Kier alpha value is -1.08. The van der Waals surface area contributed by atoms with Crippen LogP contribution in [0.4, 0.5) is 0 Å². The Morgan fingerprint density at radius 2 is 2.25 bits per heavy atom. The van der Waals surface area contributed by atoms with Crippen LogP contribution in [0, 0.1) is 16.7 Å². The Labute approximate surface area is 72.1 Å². The van der Waals surface area contributed by atoms with Gasteiger partial charge in [0.25, 0.3) is 0 Å². The Morgan fingerprint density at radius 3 is 2.58 bits per heavy atom. The van der Waals surface area contributed by atoms with Crippen molar-refractivity contribution in [3.05, 3.63) is 0 Å². The highest BCUT2D eigenvalue weighted by atomic mass is 16.7. The fraction of sp³-hybridized carbons (Fsp3) is 0.750. The molecule has 0 aliphatic carbocycles. The molecule has 0 saturated heterocycles. The maximum atomic E-state index is 11.2. The molecule has 0 aromatic rings. The van der Waals surface area contributed by atoms with E-state index in [0.717, 1.165) is 0 Å². The minimum atomic E-state index is -1.04. The van der Waals surface area contributed by atoms with E-state index in [9.17, 15) is 4.79 Å². The van der Waals surface area contributed by atoms with E-state index < -0.39 is 11.4 Å². The average molecular weight is 171 g/mol. The predicted octanol–water partition coefficient (Wildman–Crippen LogP) is 1.07. The monoisotopic (exact) mass is 171 g/mol. The molecule has 4 nitrogen and oxygen atoms in total. The van der Waals surface area contributed by atoms with Gasteiger partial charge in [-0.2, -0.15) is 5.26 Å². The lowest BCUT2D eigenvalue weighted by molar-refractivity contribution is -0.162. The number of esters is 1. The first-order valence-electron chi connectivity index (χ1n) is 3.68. The van der Waals surface area contributed by atoms with E-state index >= 15 is 0 Å². The number of methoxy groups -OCH3 is 1. The Kier molecular flexibility index (Phi) is 4.30. The summed E-state index contributed by atoms with van der Waals surface area (Å²) in [6.45, 7) is 3.21. The fourth-order valence-corrected chi connectivity index (χ4v) is 0.541. The molecule has 1 unspecified atom stereocenters. The SMILES string of the molecule is CCC(C)(C#N)C(=O)OCOC. The smallest absolute Gasteiger partial charge is 0.328 e. The van der Waals surface area contributed by atoms with Gasteiger partial charge in [-0.25, -0.2) is 0 Å². The van der Waals surface area contributed by atoms with Crippen LogP contribution in [0.15, 0.2) is 0 Å². The Morgan fingerprint density at radius 1 is 1.67 bits per heavy atom. The predicted molar refractivity (Wildman–Crippen MR) is 42.0 cm³/mol. The molecule has 0 aromatic heterocycles. The van der Waals surface area contributed by atoms with Crippen LogP contribution in [-0.4, -0.2) is 19.9 Å². The molecule has 68 valence electrons. The molecule has 0 spiro atoms. The second-order valence-corrected chi connectivity index (χ2v) is 2.64. The van der Waals surface area contributed by atoms with Gasteiger partial charge < -0.3 is 9.47 Å². The van der Waals surface area contributed by atoms with Crippen LogP contribution in [0.2, 0.25) is 0 Å². The molecular formula is C8H13NO3. The third kappa shape index (κ3) is 2.51. The van der Waals surface area contributed by atoms with Crippen molar-refractivity contribution in [2.75, 3.05) is 13.9 Å². The molecule has 0 aliphatic rings. The van der Waals surface area contributed by atoms with Gasteiger partial charge in [-0.05, 0) is 13.3 Å². The topological polar surface area (TPSA) is 59.3 Å². The van der Waals surface area contributed by atoms with E-state index in [2.05, 4.69) is 9.47 Å². The number of hydrogen-bond donors (Lipinski definition) is 0. The first-order chi connectivity index (χ1) is 5.60. The highest BCUT2D eigenvalue weighted by Crippen LogP contribution is 2.21. The largest absolute Gasteiger partial charge is 0.437 e. The van der Waals surface area contributed by atoms with E-state index in [0.29, 0.717) is 6.42 Å². The summed E-state index contributed by atoms with van der Waals surface area (Å²) >= 11 is 0. The molecule has 0 N–H and O–H groups in total. The summed E-state index contributed by atoms with van der Waals surface area (Å²) in [5.74, 6) is -0.533. The first kappa shape index (κ1) is 10.9. The Bertz CT molecular complexity index is 197. The molecule has 0 radical (unpaired) electrons. The summed E-state index contributed by atoms with van der Waals surface area (Å²) in [6, 6.07) is 1.91. The summed E-state index contributed by atoms with van der Waals surface area (Å²) in [6.07, 6.45) is 0.437. The summed E-state index contributed by atoms with van der Waals surface area (Å²) in [5.41, 5.74) is -1.04. The number of rotatable bonds is 4. The zero-order valence-electron chi connectivity index (χ0n) is 7.59. The molecule has 0 saturated carbocycles. The summed E-state index contributed by atoms with van der Waals surface area (Å²) < 4.78 is 9.20. The third-order valence-corrected chi connectivity index (χ3v) is 1.71. The van der Waals surface area contributed by atoms with Crippen LogP contribution in [0.5, 0.6) is 0 Å². The lowest BCUT2D eigenvalue weighted by Gasteiger charge is -2.16. The fourth-order valence-electron chi connectivity index (χ4n) is 0.541. The van der Waals surface area contributed by atoms with Gasteiger partial charge in [0, 0.05) is 7.11 Å². The first-order valence-corrected chi connectivity index (χ1v) is 3.68. The van der Waals surface area contributed by atoms with Crippen LogP contribution in [-0.2, 0) is 14.3 Å². The van der Waals surface area contributed by atoms with Crippen molar-refractivity contribution >= 4 is 5.97 Å². The second-order valence-electron chi connectivity index (χ2n) is 2.64. The van der Waals surface area contributed by atoms with Crippen LogP contribution in [0.3, 0.4) is 0 Å². The highest BCUT2D eigenvalue weighted by Gasteiger charge is 2.32. The van der Waals surface area contributed by atoms with Gasteiger partial charge in [0.1, 0.15) is 0 Å². The summed E-state index contributed by atoms with van der Waals surface area (Å²) in [5, 5.41) is 8.66. The second kappa shape index (κ2) is 4.73. The van der Waals surface area contributed by atoms with Crippen LogP contribution in [0.25, 0.3) is 0 Å². The number of ether oxygens (including phenoxy) is 2. The number of nitrogens with zero attached hydrogens (tertiary/aromatic N) is 1. The molecule has 0 bridgehead atoms. The van der Waals surface area contributed by atoms with E-state index in [4.69, 9.17) is 5.26 Å². The zero-order chi connectivity index (χ0) is 9.61. The Balaban J connectivity index is 4.15. The zero-order valence-corrected chi connectivity index (χ0v) is 7.59. The van der Waals surface area contributed by atoms with Crippen LogP contribution >= 0.6 is 0 Å². The number of carbonyl (C=O) groups excluding carboxylic acids is 1. The average Bonchev–Trinajstić information content (AvgIpc) is 2.12. The molecule has 0 rings (SSSR count). The highest BCUT2D eigenvalue weighted by molar-refractivity contribution is 5.79. The quantitative estimate of drug-likeness (QED) is 0.469. The minimum absolute atomic E-state index is 0.101. The van der Waals surface area contributed by atoms with E-state index in [1.54, 1.807) is 13.8 Å². The lowest BCUT2D eigenvalue weighted by Crippen LogP contribution is -2.28. The van der Waals surface area contributed by atoms with Crippen molar-refractivity contribution in [3.8, 4) is 6.07 Å². The van der Waals surface area contributed by atoms with E-state index in [1.165, 1.54) is 7.11 Å². The van der Waals surface area contributed by atoms with Crippen molar-refractivity contribution in [1.82, 2.24) is 0 Å². The molecular weight excluding hydrogens is 158 g/mol. The van der Waals surface area contributed by atoms with Gasteiger partial charge in [0.15, 0.2) is 12.2 Å². The molecule has 0 aromatic carbocycles. The molecule has 0 amide bonds. The van der Waals surface area contributed by atoms with Gasteiger partial charge in [0.05, 0.1) is 6.07 Å². The number of carbonyl (C=O) groups is 1. The summed E-state index contributed by atoms with van der Waals surface area (Å²) in [4.78, 5) is 11.2. The normalized spacial score (nSPS) is 14.5. The van der Waals surface area contributed by atoms with Crippen LogP contribution in [0.1, 0.15) is 20.3 Å². The molecule has 1 atom stereocenters. The van der Waals surface area contributed by atoms with Gasteiger partial charge in [0.2, 0.25) is 0 Å². The summed E-state index contributed by atoms with van der Waals surface area (Å²) in [7, 11) is 1.42. The molecule has 0 fully saturated rings. The van der Waals surface area contributed by atoms with E-state index in [1.807, 2.05) is 6.07 Å². The van der Waals surface area contributed by atoms with Crippen molar-refractivity contribution in [2.24, 2.45) is 5.41 Å². The molecule has 0 heterocycles. The molecule has 0 aliphatic heterocycles.